The van der Waals surface area contributed by atoms with Gasteiger partial charge in [0.15, 0.2) is 0 Å². The maximum atomic E-state index is 12.9. The van der Waals surface area contributed by atoms with Crippen LogP contribution < -0.4 is 0 Å². The van der Waals surface area contributed by atoms with E-state index in [-0.39, 0.29) is 12.0 Å². The first-order valence-corrected chi connectivity index (χ1v) is 9.20. The number of amides is 1. The summed E-state index contributed by atoms with van der Waals surface area (Å²) in [5.41, 5.74) is 4.65. The fourth-order valence-electron chi connectivity index (χ4n) is 4.03. The summed E-state index contributed by atoms with van der Waals surface area (Å²) < 4.78 is 5.92. The van der Waals surface area contributed by atoms with Crippen LogP contribution in [-0.4, -0.2) is 40.7 Å². The number of benzene rings is 1. The topological polar surface area (TPSA) is 58.2 Å². The van der Waals surface area contributed by atoms with Gasteiger partial charge in [-0.1, -0.05) is 24.3 Å². The molecule has 3 heterocycles. The van der Waals surface area contributed by atoms with E-state index in [4.69, 9.17) is 4.74 Å². The van der Waals surface area contributed by atoms with E-state index in [2.05, 4.69) is 34.5 Å². The fraction of sp³-hybridized carbons (Fsp3) is 0.500. The lowest BCUT2D eigenvalue weighted by atomic mass is 9.93. The van der Waals surface area contributed by atoms with Crippen molar-refractivity contribution in [3.8, 4) is 0 Å². The molecule has 2 atom stereocenters. The number of piperidine rings is 1. The molecule has 1 amide bonds. The van der Waals surface area contributed by atoms with E-state index in [1.165, 1.54) is 11.1 Å². The van der Waals surface area contributed by atoms with Crippen LogP contribution in [0.5, 0.6) is 0 Å². The van der Waals surface area contributed by atoms with E-state index in [9.17, 15) is 4.79 Å². The molecule has 0 unspecified atom stereocenters. The van der Waals surface area contributed by atoms with Crippen molar-refractivity contribution < 1.29 is 9.53 Å². The third kappa shape index (κ3) is 3.47. The third-order valence-electron chi connectivity index (χ3n) is 5.37. The van der Waals surface area contributed by atoms with Gasteiger partial charge in [0, 0.05) is 24.7 Å². The Balaban J connectivity index is 1.43. The first kappa shape index (κ1) is 16.3. The largest absolute Gasteiger partial charge is 0.373 e. The number of aromatic amines is 1. The van der Waals surface area contributed by atoms with Gasteiger partial charge in [0.25, 0.3) is 0 Å². The standard InChI is InChI=1S/C20H25N3O2/c1-14-11-18(22-21-14)16-6-4-9-23(13-16)20(24)12-19-17-7-3-2-5-15(17)8-10-25-19/h2-3,5,7,11,16,19H,4,6,8-10,12-13H2,1H3,(H,21,22)/t16-,19+/m0/s1. The number of hydrogen-bond donors (Lipinski definition) is 1. The van der Waals surface area contributed by atoms with E-state index >= 15 is 0 Å². The number of ether oxygens (including phenoxy) is 1. The highest BCUT2D eigenvalue weighted by Crippen LogP contribution is 2.32. The molecular weight excluding hydrogens is 314 g/mol. The first-order valence-electron chi connectivity index (χ1n) is 9.20. The summed E-state index contributed by atoms with van der Waals surface area (Å²) >= 11 is 0. The Kier molecular flexibility index (Phi) is 4.57. The molecule has 0 saturated carbocycles. The Morgan fingerprint density at radius 3 is 3.12 bits per heavy atom. The molecule has 4 rings (SSSR count). The highest BCUT2D eigenvalue weighted by Gasteiger charge is 2.29. The molecule has 1 N–H and O–H groups in total. The lowest BCUT2D eigenvalue weighted by Gasteiger charge is -2.34. The van der Waals surface area contributed by atoms with Crippen LogP contribution in [0.15, 0.2) is 30.3 Å². The highest BCUT2D eigenvalue weighted by atomic mass is 16.5. The van der Waals surface area contributed by atoms with Crippen molar-refractivity contribution in [2.75, 3.05) is 19.7 Å². The van der Waals surface area contributed by atoms with Gasteiger partial charge in [-0.05, 0) is 43.4 Å². The average Bonchev–Trinajstić information content (AvgIpc) is 3.09. The van der Waals surface area contributed by atoms with Gasteiger partial charge < -0.3 is 9.64 Å². The Labute approximate surface area is 148 Å². The second kappa shape index (κ2) is 7.00. The third-order valence-corrected chi connectivity index (χ3v) is 5.37. The van der Waals surface area contributed by atoms with Crippen LogP contribution in [0, 0.1) is 6.92 Å². The normalized spacial score (nSPS) is 23.3. The highest BCUT2D eigenvalue weighted by molar-refractivity contribution is 5.77. The smallest absolute Gasteiger partial charge is 0.225 e. The summed E-state index contributed by atoms with van der Waals surface area (Å²) in [5, 5.41) is 7.40. The molecule has 1 saturated heterocycles. The number of H-pyrrole nitrogens is 1. The Hall–Kier alpha value is -2.14. The molecule has 1 fully saturated rings. The number of hydrogen-bond acceptors (Lipinski definition) is 3. The zero-order valence-electron chi connectivity index (χ0n) is 14.7. The summed E-state index contributed by atoms with van der Waals surface area (Å²) in [6.45, 7) is 4.31. The van der Waals surface area contributed by atoms with E-state index < -0.39 is 0 Å². The number of nitrogens with one attached hydrogen (secondary N) is 1. The van der Waals surface area contributed by atoms with Crippen LogP contribution in [0.25, 0.3) is 0 Å². The molecule has 1 aromatic heterocycles. The van der Waals surface area contributed by atoms with Crippen LogP contribution in [0.1, 0.15) is 53.8 Å². The molecule has 1 aromatic carbocycles. The van der Waals surface area contributed by atoms with Gasteiger partial charge in [-0.3, -0.25) is 9.89 Å². The minimum Gasteiger partial charge on any atom is -0.373 e. The van der Waals surface area contributed by atoms with Crippen molar-refractivity contribution >= 4 is 5.91 Å². The predicted octanol–water partition coefficient (Wildman–Crippen LogP) is 3.13. The minimum atomic E-state index is -0.106. The lowest BCUT2D eigenvalue weighted by Crippen LogP contribution is -2.40. The molecule has 2 aromatic rings. The van der Waals surface area contributed by atoms with E-state index in [0.29, 0.717) is 18.9 Å². The lowest BCUT2D eigenvalue weighted by molar-refractivity contribution is -0.135. The molecule has 2 aliphatic rings. The van der Waals surface area contributed by atoms with Crippen molar-refractivity contribution in [2.45, 2.75) is 44.6 Å². The summed E-state index contributed by atoms with van der Waals surface area (Å²) in [4.78, 5) is 14.9. The van der Waals surface area contributed by atoms with Gasteiger partial charge in [-0.15, -0.1) is 0 Å². The van der Waals surface area contributed by atoms with E-state index in [0.717, 1.165) is 43.7 Å². The van der Waals surface area contributed by atoms with E-state index in [1.807, 2.05) is 17.9 Å². The molecule has 0 bridgehead atoms. The van der Waals surface area contributed by atoms with Crippen molar-refractivity contribution in [2.24, 2.45) is 0 Å². The number of likely N-dealkylation sites (tertiary alicyclic amines) is 1. The van der Waals surface area contributed by atoms with Crippen molar-refractivity contribution in [3.63, 3.8) is 0 Å². The Morgan fingerprint density at radius 1 is 1.40 bits per heavy atom. The summed E-state index contributed by atoms with van der Waals surface area (Å²) in [6.07, 6.45) is 3.39. The number of carbonyl (C=O) groups is 1. The molecule has 25 heavy (non-hydrogen) atoms. The minimum absolute atomic E-state index is 0.106. The zero-order chi connectivity index (χ0) is 17.2. The van der Waals surface area contributed by atoms with Gasteiger partial charge >= 0.3 is 0 Å². The predicted molar refractivity (Wildman–Crippen MR) is 95.3 cm³/mol. The SMILES string of the molecule is Cc1cc([C@H]2CCCN(C(=O)C[C@H]3OCCc4ccccc43)C2)n[nH]1. The molecule has 2 aliphatic heterocycles. The van der Waals surface area contributed by atoms with Crippen molar-refractivity contribution in [3.05, 3.63) is 52.8 Å². The number of aryl methyl sites for hydroxylation is 1. The van der Waals surface area contributed by atoms with Crippen molar-refractivity contribution in [1.29, 1.82) is 0 Å². The molecule has 5 nitrogen and oxygen atoms in total. The Morgan fingerprint density at radius 2 is 2.28 bits per heavy atom. The van der Waals surface area contributed by atoms with Crippen molar-refractivity contribution in [1.82, 2.24) is 15.1 Å². The van der Waals surface area contributed by atoms with E-state index in [1.54, 1.807) is 0 Å². The monoisotopic (exact) mass is 339 g/mol. The second-order valence-electron chi connectivity index (χ2n) is 7.17. The molecule has 0 radical (unpaired) electrons. The number of aromatic nitrogens is 2. The van der Waals surface area contributed by atoms with Gasteiger partial charge in [0.1, 0.15) is 0 Å². The van der Waals surface area contributed by atoms with Crippen LogP contribution in [0.2, 0.25) is 0 Å². The van der Waals surface area contributed by atoms with Crippen LogP contribution in [0.4, 0.5) is 0 Å². The zero-order valence-corrected chi connectivity index (χ0v) is 14.7. The quantitative estimate of drug-likeness (QED) is 0.935. The van der Waals surface area contributed by atoms with Crippen LogP contribution in [-0.2, 0) is 16.0 Å². The summed E-state index contributed by atoms with van der Waals surface area (Å²) in [5.74, 6) is 0.529. The van der Waals surface area contributed by atoms with Gasteiger partial charge in [0.05, 0.1) is 24.8 Å². The Bertz CT molecular complexity index is 755. The number of rotatable bonds is 3. The number of fused-ring (bicyclic) bond motifs is 1. The first-order chi connectivity index (χ1) is 12.2. The molecule has 0 spiro atoms. The average molecular weight is 339 g/mol. The molecule has 0 aliphatic carbocycles. The van der Waals surface area contributed by atoms with Crippen LogP contribution in [0.3, 0.4) is 0 Å². The molecule has 5 heteroatoms. The van der Waals surface area contributed by atoms with Gasteiger partial charge in [0.2, 0.25) is 5.91 Å². The number of carbonyl (C=O) groups excluding carboxylic acids is 1. The maximum Gasteiger partial charge on any atom is 0.225 e. The molecule has 132 valence electrons. The summed E-state index contributed by atoms with van der Waals surface area (Å²) in [7, 11) is 0. The number of nitrogens with zero attached hydrogens (tertiary/aromatic N) is 2. The van der Waals surface area contributed by atoms with Crippen LogP contribution >= 0.6 is 0 Å². The van der Waals surface area contributed by atoms with Gasteiger partial charge in [-0.2, -0.15) is 5.10 Å². The summed E-state index contributed by atoms with van der Waals surface area (Å²) in [6, 6.07) is 10.4. The van der Waals surface area contributed by atoms with Gasteiger partial charge in [-0.25, -0.2) is 0 Å². The fourth-order valence-corrected chi connectivity index (χ4v) is 4.03. The maximum absolute atomic E-state index is 12.9. The molecular formula is C20H25N3O2. The second-order valence-corrected chi connectivity index (χ2v) is 7.17.